The van der Waals surface area contributed by atoms with E-state index in [0.717, 1.165) is 0 Å². The average molecular weight is 266 g/mol. The Morgan fingerprint density at radius 1 is 1.18 bits per heavy atom. The lowest BCUT2D eigenvalue weighted by Crippen LogP contribution is -2.57. The smallest absolute Gasteiger partial charge is 0.426 e. The Labute approximate surface area is 91.7 Å². The van der Waals surface area contributed by atoms with Gasteiger partial charge >= 0.3 is 18.3 Å². The summed E-state index contributed by atoms with van der Waals surface area (Å²) in [5.74, 6) is -1.18. The fourth-order valence-electron chi connectivity index (χ4n) is 0.802. The number of rotatable bonds is 4. The SMILES string of the molecule is C=CC(=O)OCCC(O)(C(F)(F)F)C(F)(F)F. The van der Waals surface area contributed by atoms with Crippen molar-refractivity contribution < 1.29 is 41.0 Å². The molecule has 3 nitrogen and oxygen atoms in total. The van der Waals surface area contributed by atoms with Crippen molar-refractivity contribution in [1.29, 1.82) is 0 Å². The highest BCUT2D eigenvalue weighted by Gasteiger charge is 2.69. The summed E-state index contributed by atoms with van der Waals surface area (Å²) >= 11 is 0. The van der Waals surface area contributed by atoms with Crippen molar-refractivity contribution in [2.24, 2.45) is 0 Å². The van der Waals surface area contributed by atoms with E-state index in [9.17, 15) is 31.1 Å². The van der Waals surface area contributed by atoms with E-state index in [-0.39, 0.29) is 0 Å². The number of aliphatic hydroxyl groups is 1. The maximum atomic E-state index is 12.1. The molecule has 9 heteroatoms. The lowest BCUT2D eigenvalue weighted by molar-refractivity contribution is -0.371. The van der Waals surface area contributed by atoms with Gasteiger partial charge in [-0.3, -0.25) is 0 Å². The van der Waals surface area contributed by atoms with Crippen LogP contribution in [0.3, 0.4) is 0 Å². The number of halogens is 6. The van der Waals surface area contributed by atoms with E-state index >= 15 is 0 Å². The fraction of sp³-hybridized carbons (Fsp3) is 0.625. The molecule has 0 saturated carbocycles. The molecule has 0 aliphatic rings. The monoisotopic (exact) mass is 266 g/mol. The van der Waals surface area contributed by atoms with Gasteiger partial charge < -0.3 is 9.84 Å². The van der Waals surface area contributed by atoms with Gasteiger partial charge in [-0.25, -0.2) is 4.79 Å². The van der Waals surface area contributed by atoms with Gasteiger partial charge in [0.05, 0.1) is 6.61 Å². The van der Waals surface area contributed by atoms with Gasteiger partial charge in [-0.15, -0.1) is 0 Å². The maximum Gasteiger partial charge on any atom is 0.426 e. The van der Waals surface area contributed by atoms with Gasteiger partial charge in [-0.05, 0) is 0 Å². The van der Waals surface area contributed by atoms with Crippen molar-refractivity contribution >= 4 is 5.97 Å². The molecule has 0 saturated heterocycles. The van der Waals surface area contributed by atoms with Gasteiger partial charge in [0, 0.05) is 12.5 Å². The second kappa shape index (κ2) is 4.94. The van der Waals surface area contributed by atoms with Crippen LogP contribution >= 0.6 is 0 Å². The highest BCUT2D eigenvalue weighted by atomic mass is 19.4. The molecular formula is C8H8F6O3. The fourth-order valence-corrected chi connectivity index (χ4v) is 0.802. The Bertz CT molecular complexity index is 279. The van der Waals surface area contributed by atoms with Gasteiger partial charge in [-0.2, -0.15) is 26.3 Å². The zero-order valence-electron chi connectivity index (χ0n) is 8.23. The molecule has 17 heavy (non-hydrogen) atoms. The first-order valence-corrected chi connectivity index (χ1v) is 4.10. The molecule has 0 aliphatic heterocycles. The number of esters is 1. The summed E-state index contributed by atoms with van der Waals surface area (Å²) in [6.07, 6.45) is -13.1. The first-order valence-electron chi connectivity index (χ1n) is 4.10. The van der Waals surface area contributed by atoms with E-state index in [1.165, 1.54) is 0 Å². The predicted octanol–water partition coefficient (Wildman–Crippen LogP) is 1.96. The van der Waals surface area contributed by atoms with Crippen molar-refractivity contribution in [3.8, 4) is 0 Å². The van der Waals surface area contributed by atoms with Crippen LogP contribution in [-0.4, -0.2) is 35.6 Å². The molecule has 0 aliphatic carbocycles. The van der Waals surface area contributed by atoms with Crippen molar-refractivity contribution in [2.45, 2.75) is 24.4 Å². The number of alkyl halides is 6. The zero-order chi connectivity index (χ0) is 13.9. The molecule has 0 aromatic heterocycles. The molecule has 0 heterocycles. The summed E-state index contributed by atoms with van der Waals surface area (Å²) in [6.45, 7) is 1.66. The molecule has 0 amide bonds. The Morgan fingerprint density at radius 2 is 1.59 bits per heavy atom. The maximum absolute atomic E-state index is 12.1. The number of hydrogen-bond donors (Lipinski definition) is 1. The van der Waals surface area contributed by atoms with E-state index < -0.39 is 37.0 Å². The summed E-state index contributed by atoms with van der Waals surface area (Å²) < 4.78 is 76.4. The lowest BCUT2D eigenvalue weighted by Gasteiger charge is -2.31. The Hall–Kier alpha value is -1.25. The Balaban J connectivity index is 4.76. The van der Waals surface area contributed by atoms with Crippen molar-refractivity contribution in [3.63, 3.8) is 0 Å². The molecule has 0 unspecified atom stereocenters. The minimum absolute atomic E-state index is 0.570. The quantitative estimate of drug-likeness (QED) is 0.480. The predicted molar refractivity (Wildman–Crippen MR) is 42.8 cm³/mol. The summed E-state index contributed by atoms with van der Waals surface area (Å²) in [5, 5.41) is 8.60. The number of carbonyl (C=O) groups excluding carboxylic acids is 1. The first kappa shape index (κ1) is 15.8. The first-order chi connectivity index (χ1) is 7.45. The van der Waals surface area contributed by atoms with Crippen molar-refractivity contribution in [2.75, 3.05) is 6.61 Å². The summed E-state index contributed by atoms with van der Waals surface area (Å²) in [7, 11) is 0. The minimum atomic E-state index is -5.91. The van der Waals surface area contributed by atoms with Crippen LogP contribution in [0.1, 0.15) is 6.42 Å². The Kier molecular flexibility index (Phi) is 4.58. The number of ether oxygens (including phenoxy) is 1. The van der Waals surface area contributed by atoms with Crippen molar-refractivity contribution in [3.05, 3.63) is 12.7 Å². The third-order valence-electron chi connectivity index (χ3n) is 1.81. The van der Waals surface area contributed by atoms with Gasteiger partial charge in [0.15, 0.2) is 0 Å². The molecular weight excluding hydrogens is 258 g/mol. The second-order valence-electron chi connectivity index (χ2n) is 2.98. The molecule has 0 spiro atoms. The third-order valence-corrected chi connectivity index (χ3v) is 1.81. The highest BCUT2D eigenvalue weighted by Crippen LogP contribution is 2.45. The van der Waals surface area contributed by atoms with E-state index in [4.69, 9.17) is 5.11 Å². The molecule has 1 N–H and O–H groups in total. The van der Waals surface area contributed by atoms with Crippen LogP contribution in [0.25, 0.3) is 0 Å². The highest BCUT2D eigenvalue weighted by molar-refractivity contribution is 5.81. The molecule has 100 valence electrons. The molecule has 0 atom stereocenters. The average Bonchev–Trinajstić information content (AvgIpc) is 2.13. The molecule has 0 bridgehead atoms. The standard InChI is InChI=1S/C8H8F6O3/c1-2-5(15)17-4-3-6(16,7(9,10)11)8(12,13)14/h2,16H,1,3-4H2. The van der Waals surface area contributed by atoms with E-state index in [1.54, 1.807) is 0 Å². The van der Waals surface area contributed by atoms with Crippen LogP contribution in [0, 0.1) is 0 Å². The van der Waals surface area contributed by atoms with E-state index in [0.29, 0.717) is 6.08 Å². The Morgan fingerprint density at radius 3 is 1.88 bits per heavy atom. The second-order valence-corrected chi connectivity index (χ2v) is 2.98. The topological polar surface area (TPSA) is 46.5 Å². The summed E-state index contributed by atoms with van der Waals surface area (Å²) in [6, 6.07) is 0. The van der Waals surface area contributed by atoms with E-state index in [1.807, 2.05) is 0 Å². The van der Waals surface area contributed by atoms with Crippen LogP contribution in [-0.2, 0) is 9.53 Å². The largest absolute Gasteiger partial charge is 0.462 e. The molecule has 0 aromatic rings. The van der Waals surface area contributed by atoms with Crippen LogP contribution in [0.15, 0.2) is 12.7 Å². The van der Waals surface area contributed by atoms with Gasteiger partial charge in [-0.1, -0.05) is 6.58 Å². The summed E-state index contributed by atoms with van der Waals surface area (Å²) in [5.41, 5.74) is -4.90. The van der Waals surface area contributed by atoms with Crippen LogP contribution in [0.2, 0.25) is 0 Å². The van der Waals surface area contributed by atoms with Gasteiger partial charge in [0.1, 0.15) is 0 Å². The van der Waals surface area contributed by atoms with Crippen LogP contribution < -0.4 is 0 Å². The molecule has 0 radical (unpaired) electrons. The van der Waals surface area contributed by atoms with Gasteiger partial charge in [0.25, 0.3) is 5.60 Å². The van der Waals surface area contributed by atoms with Gasteiger partial charge in [0.2, 0.25) is 0 Å². The normalized spacial score (nSPS) is 13.4. The number of carbonyl (C=O) groups is 1. The minimum Gasteiger partial charge on any atom is -0.462 e. The lowest BCUT2D eigenvalue weighted by atomic mass is 9.99. The molecule has 0 aromatic carbocycles. The number of hydrogen-bond acceptors (Lipinski definition) is 3. The summed E-state index contributed by atoms with van der Waals surface area (Å²) in [4.78, 5) is 10.4. The van der Waals surface area contributed by atoms with E-state index in [2.05, 4.69) is 11.3 Å². The molecule has 0 rings (SSSR count). The third kappa shape index (κ3) is 3.62. The van der Waals surface area contributed by atoms with Crippen LogP contribution in [0.4, 0.5) is 26.3 Å². The van der Waals surface area contributed by atoms with Crippen LogP contribution in [0.5, 0.6) is 0 Å². The molecule has 0 fully saturated rings. The zero-order valence-corrected chi connectivity index (χ0v) is 8.23. The van der Waals surface area contributed by atoms with Crippen molar-refractivity contribution in [1.82, 2.24) is 0 Å².